The van der Waals surface area contributed by atoms with Crippen molar-refractivity contribution in [2.45, 2.75) is 0 Å². The Morgan fingerprint density at radius 2 is 0.522 bits per heavy atom. The molecule has 0 spiro atoms. The average Bonchev–Trinajstić information content (AvgIpc) is 3.87. The Labute approximate surface area is 269 Å². The van der Waals surface area contributed by atoms with Crippen LogP contribution in [0.25, 0.3) is 53.6 Å². The van der Waals surface area contributed by atoms with Crippen molar-refractivity contribution in [2.24, 2.45) is 0 Å². The molecule has 46 heavy (non-hydrogen) atoms. The van der Waals surface area contributed by atoms with Gasteiger partial charge in [0.25, 0.3) is 0 Å². The van der Waals surface area contributed by atoms with Crippen LogP contribution in [-0.2, 0) is 0 Å². The summed E-state index contributed by atoms with van der Waals surface area (Å²) in [5.74, 6) is -20.2. The van der Waals surface area contributed by atoms with Crippen molar-refractivity contribution in [3.63, 3.8) is 0 Å². The van der Waals surface area contributed by atoms with Gasteiger partial charge in [-0.1, -0.05) is 0 Å². The molecule has 0 atom stereocenters. The molecule has 0 amide bonds. The molecule has 0 fully saturated rings. The Bertz CT molecular complexity index is 1970. The first-order chi connectivity index (χ1) is 21.9. The van der Waals surface area contributed by atoms with Crippen molar-refractivity contribution >= 4 is 69.7 Å². The van der Waals surface area contributed by atoms with Gasteiger partial charge in [0, 0.05) is 39.0 Å². The molecule has 0 nitrogen and oxygen atoms in total. The van der Waals surface area contributed by atoms with Gasteiger partial charge < -0.3 is 0 Å². The lowest BCUT2D eigenvalue weighted by atomic mass is 10.1. The third-order valence-electron chi connectivity index (χ3n) is 6.51. The second-order valence-corrected chi connectivity index (χ2v) is 13.8. The van der Waals surface area contributed by atoms with Crippen molar-refractivity contribution in [2.75, 3.05) is 0 Å². The van der Waals surface area contributed by atoms with Crippen LogP contribution in [0.2, 0.25) is 0 Å². The molecule has 0 aliphatic rings. The van der Waals surface area contributed by atoms with Crippen LogP contribution in [0.4, 0.5) is 43.9 Å². The predicted octanol–water partition coefficient (Wildman–Crippen LogP) is 12.7. The first kappa shape index (κ1) is 32.0. The highest BCUT2D eigenvalue weighted by molar-refractivity contribution is 7.28. The molecule has 4 aromatic heterocycles. The van der Waals surface area contributed by atoms with Gasteiger partial charge in [0.15, 0.2) is 46.5 Å². The Kier molecular flexibility index (Phi) is 8.81. The molecular weight excluding hydrogens is 703 g/mol. The minimum absolute atomic E-state index is 0.523. The predicted molar refractivity (Wildman–Crippen MR) is 165 cm³/mol. The number of halogens is 10. The van der Waals surface area contributed by atoms with Gasteiger partial charge in [-0.05, 0) is 72.8 Å². The van der Waals surface area contributed by atoms with E-state index in [2.05, 4.69) is 0 Å². The van der Waals surface area contributed by atoms with E-state index < -0.39 is 69.3 Å². The first-order valence-electron chi connectivity index (χ1n) is 12.7. The van der Waals surface area contributed by atoms with Crippen LogP contribution in [0.1, 0.15) is 20.9 Å². The van der Waals surface area contributed by atoms with Crippen molar-refractivity contribution in [1.29, 1.82) is 0 Å². The Hall–Kier alpha value is -3.98. The third-order valence-corrected chi connectivity index (χ3v) is 11.4. The van der Waals surface area contributed by atoms with Crippen LogP contribution in [0, 0.1) is 58.2 Å². The number of rotatable bonds is 7. The maximum atomic E-state index is 14.0. The third kappa shape index (κ3) is 5.85. The zero-order valence-electron chi connectivity index (χ0n) is 22.3. The van der Waals surface area contributed by atoms with Crippen LogP contribution in [0.5, 0.6) is 0 Å². The molecule has 0 N–H and O–H groups in total. The van der Waals surface area contributed by atoms with Gasteiger partial charge in [-0.15, -0.1) is 45.3 Å². The van der Waals surface area contributed by atoms with Gasteiger partial charge in [0.2, 0.25) is 11.6 Å². The van der Waals surface area contributed by atoms with Crippen molar-refractivity contribution < 1.29 is 43.9 Å². The monoisotopic (exact) mass is 714 g/mol. The number of hydrogen-bond acceptors (Lipinski definition) is 4. The molecule has 0 aliphatic heterocycles. The molecule has 6 aromatic rings. The van der Waals surface area contributed by atoms with E-state index in [0.717, 1.165) is 41.4 Å². The summed E-state index contributed by atoms with van der Waals surface area (Å²) < 4.78 is 137. The Morgan fingerprint density at radius 1 is 0.283 bits per heavy atom. The minimum Gasteiger partial charge on any atom is -0.203 e. The number of benzene rings is 2. The van der Waals surface area contributed by atoms with E-state index >= 15 is 0 Å². The van der Waals surface area contributed by atoms with Crippen LogP contribution in [0.15, 0.2) is 48.5 Å². The summed E-state index contributed by atoms with van der Waals surface area (Å²) in [6.45, 7) is 0. The molecule has 0 saturated heterocycles. The highest BCUT2D eigenvalue weighted by Crippen LogP contribution is 2.43. The first-order valence-corrected chi connectivity index (χ1v) is 16.0. The second kappa shape index (κ2) is 12.7. The summed E-state index contributed by atoms with van der Waals surface area (Å²) in [7, 11) is 0. The maximum Gasteiger partial charge on any atom is 0.200 e. The quantitative estimate of drug-likeness (QED) is 0.0877. The molecule has 0 saturated carbocycles. The molecule has 0 radical (unpaired) electrons. The van der Waals surface area contributed by atoms with Crippen LogP contribution < -0.4 is 0 Å². The maximum absolute atomic E-state index is 14.0. The summed E-state index contributed by atoms with van der Waals surface area (Å²) in [4.78, 5) is 6.29. The van der Waals surface area contributed by atoms with Gasteiger partial charge >= 0.3 is 0 Å². The standard InChI is InChI=1S/C32H12F10S4/c33-23-15(24(34)28(38)31(41)27(23)37)5-1-13-3-7-17(43-13)19-9-11-21(45-19)22-12-10-20(46-22)18-8-4-14(44-18)2-6-16-25(35)29(39)32(42)30(40)26(16)36/h1-12H/b5-1+,6-2+. The molecular formula is C32H12F10S4. The van der Waals surface area contributed by atoms with Gasteiger partial charge in [0.05, 0.1) is 11.1 Å². The van der Waals surface area contributed by atoms with Crippen LogP contribution in [0.3, 0.4) is 0 Å². The molecule has 0 bridgehead atoms. The number of thiophene rings is 4. The van der Waals surface area contributed by atoms with E-state index in [0.29, 0.717) is 9.75 Å². The molecule has 14 heteroatoms. The molecule has 4 heterocycles. The lowest BCUT2D eigenvalue weighted by Gasteiger charge is -2.03. The minimum atomic E-state index is -2.22. The topological polar surface area (TPSA) is 0 Å². The molecule has 6 rings (SSSR count). The van der Waals surface area contributed by atoms with Gasteiger partial charge in [-0.3, -0.25) is 0 Å². The highest BCUT2D eigenvalue weighted by atomic mass is 32.1. The lowest BCUT2D eigenvalue weighted by Crippen LogP contribution is -2.03. The number of hydrogen-bond donors (Lipinski definition) is 0. The molecule has 2 aromatic carbocycles. The van der Waals surface area contributed by atoms with Gasteiger partial charge in [0.1, 0.15) is 0 Å². The summed E-state index contributed by atoms with van der Waals surface area (Å²) in [5, 5.41) is 0. The Balaban J connectivity index is 1.17. The fourth-order valence-electron chi connectivity index (χ4n) is 4.22. The smallest absolute Gasteiger partial charge is 0.200 e. The van der Waals surface area contributed by atoms with Crippen molar-refractivity contribution in [1.82, 2.24) is 0 Å². The second-order valence-electron chi connectivity index (χ2n) is 9.37. The zero-order chi connectivity index (χ0) is 32.9. The van der Waals surface area contributed by atoms with E-state index in [4.69, 9.17) is 0 Å². The summed E-state index contributed by atoms with van der Waals surface area (Å²) >= 11 is 5.46. The van der Waals surface area contributed by atoms with Gasteiger partial charge in [-0.2, -0.15) is 0 Å². The zero-order valence-corrected chi connectivity index (χ0v) is 25.6. The summed E-state index contributed by atoms with van der Waals surface area (Å²) in [6, 6.07) is 14.4. The van der Waals surface area contributed by atoms with Crippen molar-refractivity contribution in [3.8, 4) is 29.3 Å². The Morgan fingerprint density at radius 3 is 0.826 bits per heavy atom. The highest BCUT2D eigenvalue weighted by Gasteiger charge is 2.25. The van der Waals surface area contributed by atoms with Crippen LogP contribution >= 0.6 is 45.3 Å². The molecule has 0 aliphatic carbocycles. The van der Waals surface area contributed by atoms with E-state index in [1.807, 2.05) is 24.3 Å². The fraction of sp³-hybridized carbons (Fsp3) is 0. The summed E-state index contributed by atoms with van der Waals surface area (Å²) in [5.41, 5.74) is -2.07. The molecule has 234 valence electrons. The van der Waals surface area contributed by atoms with E-state index in [1.54, 1.807) is 24.3 Å². The molecule has 0 unspecified atom stereocenters. The van der Waals surface area contributed by atoms with Gasteiger partial charge in [-0.25, -0.2) is 43.9 Å². The largest absolute Gasteiger partial charge is 0.203 e. The SMILES string of the molecule is Fc1c(F)c(F)c(/C=C/c2ccc(-c3ccc(-c4ccc(-c5ccc(/C=C/c6c(F)c(F)c(F)c(F)c6F)s5)s4)s3)s2)c(F)c1F. The van der Waals surface area contributed by atoms with Crippen LogP contribution in [-0.4, -0.2) is 0 Å². The average molecular weight is 715 g/mol. The normalized spacial score (nSPS) is 12.0. The van der Waals surface area contributed by atoms with E-state index in [9.17, 15) is 43.9 Å². The fourth-order valence-corrected chi connectivity index (χ4v) is 8.33. The lowest BCUT2D eigenvalue weighted by molar-refractivity contribution is 0.377. The summed E-state index contributed by atoms with van der Waals surface area (Å²) in [6.07, 6.45) is 4.20. The van der Waals surface area contributed by atoms with E-state index in [1.165, 1.54) is 57.5 Å². The van der Waals surface area contributed by atoms with E-state index in [-0.39, 0.29) is 0 Å². The van der Waals surface area contributed by atoms with Crippen molar-refractivity contribution in [3.05, 3.63) is 128 Å².